The van der Waals surface area contributed by atoms with Gasteiger partial charge in [-0.15, -0.1) is 0 Å². The molecule has 1 rings (SSSR count). The first-order valence-corrected chi connectivity index (χ1v) is 6.56. The van der Waals surface area contributed by atoms with Crippen molar-refractivity contribution in [1.82, 2.24) is 4.98 Å². The second-order valence-electron chi connectivity index (χ2n) is 3.27. The van der Waals surface area contributed by atoms with E-state index in [2.05, 4.69) is 10.3 Å². The van der Waals surface area contributed by atoms with Gasteiger partial charge in [0.2, 0.25) is 0 Å². The summed E-state index contributed by atoms with van der Waals surface area (Å²) in [5, 5.41) is 11.7. The summed E-state index contributed by atoms with van der Waals surface area (Å²) in [6.45, 7) is 0.635. The largest absolute Gasteiger partial charge is 0.477 e. The van der Waals surface area contributed by atoms with E-state index in [0.29, 0.717) is 18.1 Å². The molecule has 16 heavy (non-hydrogen) atoms. The molecule has 1 unspecified atom stereocenters. The number of hydrogen-bond donors (Lipinski definition) is 2. The summed E-state index contributed by atoms with van der Waals surface area (Å²) >= 11 is 0. The van der Waals surface area contributed by atoms with Crippen LogP contribution in [0.25, 0.3) is 0 Å². The highest BCUT2D eigenvalue weighted by Crippen LogP contribution is 2.04. The van der Waals surface area contributed by atoms with Crippen molar-refractivity contribution >= 4 is 22.6 Å². The van der Waals surface area contributed by atoms with Gasteiger partial charge in [-0.05, 0) is 18.6 Å². The van der Waals surface area contributed by atoms with Crippen molar-refractivity contribution in [3.05, 3.63) is 23.9 Å². The van der Waals surface area contributed by atoms with E-state index >= 15 is 0 Å². The molecule has 1 atom stereocenters. The molecule has 0 amide bonds. The number of nitrogens with zero attached hydrogens (tertiary/aromatic N) is 1. The smallest absolute Gasteiger partial charge is 0.354 e. The molecule has 0 fully saturated rings. The summed E-state index contributed by atoms with van der Waals surface area (Å²) in [4.78, 5) is 14.5. The van der Waals surface area contributed by atoms with E-state index in [4.69, 9.17) is 5.11 Å². The van der Waals surface area contributed by atoms with Crippen LogP contribution in [-0.2, 0) is 10.8 Å². The summed E-state index contributed by atoms with van der Waals surface area (Å²) in [5.74, 6) is 0.117. The Bertz CT molecular complexity index is 395. The van der Waals surface area contributed by atoms with Crippen LogP contribution in [0.4, 0.5) is 5.82 Å². The van der Waals surface area contributed by atoms with Crippen LogP contribution in [0.15, 0.2) is 18.2 Å². The first kappa shape index (κ1) is 12.6. The van der Waals surface area contributed by atoms with Gasteiger partial charge in [0.1, 0.15) is 5.82 Å². The summed E-state index contributed by atoms with van der Waals surface area (Å²) in [6, 6.07) is 4.78. The van der Waals surface area contributed by atoms with Crippen LogP contribution in [0.2, 0.25) is 0 Å². The van der Waals surface area contributed by atoms with Crippen LogP contribution in [0.3, 0.4) is 0 Å². The number of rotatable bonds is 6. The summed E-state index contributed by atoms with van der Waals surface area (Å²) in [6.07, 6.45) is 2.42. The molecule has 0 radical (unpaired) electrons. The number of pyridine rings is 1. The Balaban J connectivity index is 2.45. The van der Waals surface area contributed by atoms with E-state index in [9.17, 15) is 9.00 Å². The number of aromatic nitrogens is 1. The third-order valence-corrected chi connectivity index (χ3v) is 2.75. The number of anilines is 1. The second-order valence-corrected chi connectivity index (χ2v) is 4.83. The number of carboxylic acids is 1. The Morgan fingerprint density at radius 1 is 1.56 bits per heavy atom. The van der Waals surface area contributed by atoms with Gasteiger partial charge in [0.15, 0.2) is 5.69 Å². The van der Waals surface area contributed by atoms with Crippen molar-refractivity contribution in [3.8, 4) is 0 Å². The molecule has 0 aliphatic carbocycles. The quantitative estimate of drug-likeness (QED) is 0.726. The lowest BCUT2D eigenvalue weighted by molar-refractivity contribution is 0.0690. The molecule has 0 aliphatic heterocycles. The van der Waals surface area contributed by atoms with E-state index in [1.807, 2.05) is 0 Å². The molecule has 0 saturated carbocycles. The maximum atomic E-state index is 10.8. The van der Waals surface area contributed by atoms with Gasteiger partial charge in [-0.2, -0.15) is 0 Å². The molecular weight excluding hydrogens is 228 g/mol. The van der Waals surface area contributed by atoms with E-state index in [0.717, 1.165) is 6.42 Å². The maximum absolute atomic E-state index is 10.8. The van der Waals surface area contributed by atoms with Gasteiger partial charge in [-0.25, -0.2) is 9.78 Å². The van der Waals surface area contributed by atoms with Crippen LogP contribution >= 0.6 is 0 Å². The minimum Gasteiger partial charge on any atom is -0.477 e. The second kappa shape index (κ2) is 6.22. The molecule has 1 aromatic heterocycles. The van der Waals surface area contributed by atoms with Crippen LogP contribution < -0.4 is 5.32 Å². The van der Waals surface area contributed by atoms with Crippen LogP contribution in [0, 0.1) is 0 Å². The molecule has 0 aromatic carbocycles. The predicted molar refractivity (Wildman–Crippen MR) is 63.2 cm³/mol. The van der Waals surface area contributed by atoms with Crippen molar-refractivity contribution in [2.45, 2.75) is 6.42 Å². The van der Waals surface area contributed by atoms with E-state index in [-0.39, 0.29) is 5.69 Å². The summed E-state index contributed by atoms with van der Waals surface area (Å²) in [7, 11) is -0.790. The highest BCUT2D eigenvalue weighted by atomic mass is 32.2. The van der Waals surface area contributed by atoms with Gasteiger partial charge in [0.25, 0.3) is 0 Å². The zero-order chi connectivity index (χ0) is 12.0. The van der Waals surface area contributed by atoms with Gasteiger partial charge in [0, 0.05) is 29.4 Å². The molecule has 0 spiro atoms. The van der Waals surface area contributed by atoms with Crippen molar-refractivity contribution in [1.29, 1.82) is 0 Å². The molecular formula is C10H14N2O3S. The van der Waals surface area contributed by atoms with Gasteiger partial charge >= 0.3 is 5.97 Å². The lowest BCUT2D eigenvalue weighted by atomic mass is 10.3. The third kappa shape index (κ3) is 4.39. The van der Waals surface area contributed by atoms with Crippen LogP contribution in [0.5, 0.6) is 0 Å². The fourth-order valence-electron chi connectivity index (χ4n) is 1.14. The van der Waals surface area contributed by atoms with Crippen molar-refractivity contribution in [3.63, 3.8) is 0 Å². The summed E-state index contributed by atoms with van der Waals surface area (Å²) in [5.41, 5.74) is 0.0177. The Labute approximate surface area is 96.4 Å². The molecule has 1 aromatic rings. The molecule has 6 heteroatoms. The van der Waals surface area contributed by atoms with Gasteiger partial charge < -0.3 is 10.4 Å². The van der Waals surface area contributed by atoms with E-state index < -0.39 is 16.8 Å². The van der Waals surface area contributed by atoms with Crippen LogP contribution in [0.1, 0.15) is 16.9 Å². The Morgan fingerprint density at radius 3 is 2.94 bits per heavy atom. The van der Waals surface area contributed by atoms with Gasteiger partial charge in [-0.3, -0.25) is 4.21 Å². The highest BCUT2D eigenvalue weighted by molar-refractivity contribution is 7.84. The highest BCUT2D eigenvalue weighted by Gasteiger charge is 2.04. The minimum absolute atomic E-state index is 0.0177. The number of nitrogens with one attached hydrogen (secondary N) is 1. The monoisotopic (exact) mass is 242 g/mol. The molecule has 88 valence electrons. The molecule has 0 bridgehead atoms. The van der Waals surface area contributed by atoms with Crippen LogP contribution in [-0.4, -0.2) is 38.8 Å². The van der Waals surface area contributed by atoms with Crippen molar-refractivity contribution in [2.24, 2.45) is 0 Å². The number of aromatic carboxylic acids is 1. The zero-order valence-corrected chi connectivity index (χ0v) is 9.79. The average Bonchev–Trinajstić information content (AvgIpc) is 2.24. The van der Waals surface area contributed by atoms with Gasteiger partial charge in [-0.1, -0.05) is 6.07 Å². The Morgan fingerprint density at radius 2 is 2.31 bits per heavy atom. The topological polar surface area (TPSA) is 79.3 Å². The third-order valence-electron chi connectivity index (χ3n) is 1.88. The zero-order valence-electron chi connectivity index (χ0n) is 8.97. The molecule has 2 N–H and O–H groups in total. The molecule has 0 aliphatic rings. The first-order chi connectivity index (χ1) is 7.59. The minimum atomic E-state index is -1.04. The average molecular weight is 242 g/mol. The SMILES string of the molecule is CS(=O)CCCNc1cccc(C(=O)O)n1. The first-order valence-electron chi connectivity index (χ1n) is 4.84. The molecule has 5 nitrogen and oxygen atoms in total. The standard InChI is InChI=1S/C10H14N2O3S/c1-16(15)7-3-6-11-9-5-2-4-8(12-9)10(13)14/h2,4-5H,3,6-7H2,1H3,(H,11,12)(H,13,14). The fourth-order valence-corrected chi connectivity index (χ4v) is 1.70. The number of hydrogen-bond acceptors (Lipinski definition) is 4. The fraction of sp³-hybridized carbons (Fsp3) is 0.400. The lowest BCUT2D eigenvalue weighted by Crippen LogP contribution is -2.09. The Hall–Kier alpha value is -1.43. The Kier molecular flexibility index (Phi) is 4.91. The molecule has 0 saturated heterocycles. The van der Waals surface area contributed by atoms with E-state index in [1.54, 1.807) is 18.4 Å². The normalized spacial score (nSPS) is 12.1. The van der Waals surface area contributed by atoms with Crippen molar-refractivity contribution in [2.75, 3.05) is 23.9 Å². The van der Waals surface area contributed by atoms with Crippen molar-refractivity contribution < 1.29 is 14.1 Å². The number of carbonyl (C=O) groups is 1. The maximum Gasteiger partial charge on any atom is 0.354 e. The van der Waals surface area contributed by atoms with E-state index in [1.165, 1.54) is 6.07 Å². The lowest BCUT2D eigenvalue weighted by Gasteiger charge is -2.05. The van der Waals surface area contributed by atoms with Gasteiger partial charge in [0.05, 0.1) is 0 Å². The predicted octanol–water partition coefficient (Wildman–Crippen LogP) is 0.960. The summed E-state index contributed by atoms with van der Waals surface area (Å²) < 4.78 is 10.8. The molecule has 1 heterocycles. The number of carboxylic acid groups (broad SMARTS) is 1.